The highest BCUT2D eigenvalue weighted by atomic mass is 32.2. The van der Waals surface area contributed by atoms with Crippen LogP contribution in [0.4, 0.5) is 0 Å². The maximum atomic E-state index is 12.7. The molecule has 0 amide bonds. The lowest BCUT2D eigenvalue weighted by Crippen LogP contribution is -2.41. The van der Waals surface area contributed by atoms with Gasteiger partial charge in [0.15, 0.2) is 6.10 Å². The smallest absolute Gasteiger partial charge is 0.338 e. The monoisotopic (exact) mass is 418 g/mol. The van der Waals surface area contributed by atoms with Gasteiger partial charge in [-0.2, -0.15) is 16.8 Å². The molecule has 1 aromatic carbocycles. The van der Waals surface area contributed by atoms with E-state index < -0.39 is 60.8 Å². The number of carbonyl (C=O) groups excluding carboxylic acids is 1. The van der Waals surface area contributed by atoms with Gasteiger partial charge in [0.25, 0.3) is 20.2 Å². The van der Waals surface area contributed by atoms with Crippen molar-refractivity contribution in [3.05, 3.63) is 29.3 Å². The van der Waals surface area contributed by atoms with E-state index in [9.17, 15) is 26.2 Å². The summed E-state index contributed by atoms with van der Waals surface area (Å²) in [5, 5.41) is -0.735. The third-order valence-corrected chi connectivity index (χ3v) is 7.70. The number of benzene rings is 1. The van der Waals surface area contributed by atoms with Crippen molar-refractivity contribution in [2.75, 3.05) is 0 Å². The summed E-state index contributed by atoms with van der Waals surface area (Å²) in [7, 11) is -8.22. The van der Waals surface area contributed by atoms with Crippen LogP contribution < -0.4 is 0 Å². The molecular weight excluding hydrogens is 400 g/mol. The number of fused-ring (bicyclic) bond motifs is 1. The molecule has 11 heteroatoms. The minimum Gasteiger partial charge on any atom is -0.453 e. The Morgan fingerprint density at radius 2 is 2.07 bits per heavy atom. The molecule has 148 valence electrons. The van der Waals surface area contributed by atoms with Crippen LogP contribution in [0.15, 0.2) is 23.1 Å². The van der Waals surface area contributed by atoms with Crippen LogP contribution in [0, 0.1) is 0 Å². The van der Waals surface area contributed by atoms with Gasteiger partial charge in [-0.25, -0.2) is 4.79 Å². The molecule has 0 aromatic heterocycles. The summed E-state index contributed by atoms with van der Waals surface area (Å²) in [4.78, 5) is 12.3. The van der Waals surface area contributed by atoms with E-state index >= 15 is 0 Å². The molecule has 5 unspecified atom stereocenters. The molecule has 1 aromatic rings. The molecule has 1 N–H and O–H groups in total. The van der Waals surface area contributed by atoms with E-state index in [4.69, 9.17) is 13.7 Å². The molecule has 4 rings (SSSR count). The van der Waals surface area contributed by atoms with Crippen molar-refractivity contribution < 1.29 is 39.8 Å². The molecule has 0 spiro atoms. The summed E-state index contributed by atoms with van der Waals surface area (Å²) in [5.41, 5.74) is 0.573. The fourth-order valence-electron chi connectivity index (χ4n) is 3.95. The first kappa shape index (κ1) is 18.8. The van der Waals surface area contributed by atoms with Gasteiger partial charge in [0.05, 0.1) is 16.6 Å². The van der Waals surface area contributed by atoms with Crippen LogP contribution >= 0.6 is 0 Å². The standard InChI is InChI=1S/C16H18O9S2/c1-2-3-8-4-5-9(26(18,19)20)6-10(8)16(17)24-13-11-7-12-14(23-11)15(13)25-27(12,21)22/h4-6,11-15H,2-3,7H2,1H3,(H,18,19,20). The van der Waals surface area contributed by atoms with E-state index in [2.05, 4.69) is 0 Å². The van der Waals surface area contributed by atoms with Crippen LogP contribution in [0.3, 0.4) is 0 Å². The Balaban J connectivity index is 1.62. The minimum absolute atomic E-state index is 0.00662. The maximum Gasteiger partial charge on any atom is 0.338 e. The number of esters is 1. The number of carbonyl (C=O) groups is 1. The molecule has 3 aliphatic heterocycles. The summed E-state index contributed by atoms with van der Waals surface area (Å²) in [6.45, 7) is 1.90. The third-order valence-electron chi connectivity index (χ3n) is 5.15. The highest BCUT2D eigenvalue weighted by Gasteiger charge is 2.67. The molecule has 9 nitrogen and oxygen atoms in total. The van der Waals surface area contributed by atoms with Crippen molar-refractivity contribution in [3.63, 3.8) is 0 Å². The second-order valence-electron chi connectivity index (χ2n) is 6.88. The Bertz CT molecular complexity index is 999. The topological polar surface area (TPSA) is 133 Å². The van der Waals surface area contributed by atoms with Crippen LogP contribution in [0.1, 0.15) is 35.7 Å². The Kier molecular flexibility index (Phi) is 4.35. The number of hydrogen-bond donors (Lipinski definition) is 1. The summed E-state index contributed by atoms with van der Waals surface area (Å²) in [5.74, 6) is -0.811. The number of hydrogen-bond acceptors (Lipinski definition) is 8. The largest absolute Gasteiger partial charge is 0.453 e. The highest BCUT2D eigenvalue weighted by Crippen LogP contribution is 2.48. The Morgan fingerprint density at radius 1 is 1.33 bits per heavy atom. The van der Waals surface area contributed by atoms with Gasteiger partial charge < -0.3 is 9.47 Å². The lowest BCUT2D eigenvalue weighted by Gasteiger charge is -2.22. The molecule has 3 heterocycles. The van der Waals surface area contributed by atoms with E-state index in [1.165, 1.54) is 12.1 Å². The van der Waals surface area contributed by atoms with E-state index in [1.807, 2.05) is 6.92 Å². The van der Waals surface area contributed by atoms with Gasteiger partial charge in [0, 0.05) is 0 Å². The average Bonchev–Trinajstić information content (AvgIpc) is 3.18. The van der Waals surface area contributed by atoms with Gasteiger partial charge in [-0.05, 0) is 30.5 Å². The fourth-order valence-corrected chi connectivity index (χ4v) is 6.10. The zero-order valence-corrected chi connectivity index (χ0v) is 15.9. The third kappa shape index (κ3) is 3.07. The normalized spacial score (nSPS) is 33.3. The first-order valence-electron chi connectivity index (χ1n) is 8.51. The van der Waals surface area contributed by atoms with E-state index in [0.717, 1.165) is 6.07 Å². The molecule has 27 heavy (non-hydrogen) atoms. The second-order valence-corrected chi connectivity index (χ2v) is 10.1. The number of rotatable bonds is 5. The van der Waals surface area contributed by atoms with E-state index in [-0.39, 0.29) is 12.0 Å². The van der Waals surface area contributed by atoms with Gasteiger partial charge in [0.1, 0.15) is 17.5 Å². The van der Waals surface area contributed by atoms with Crippen LogP contribution in [0.25, 0.3) is 0 Å². The van der Waals surface area contributed by atoms with Crippen molar-refractivity contribution in [3.8, 4) is 0 Å². The zero-order chi connectivity index (χ0) is 19.6. The van der Waals surface area contributed by atoms with E-state index in [0.29, 0.717) is 18.4 Å². The van der Waals surface area contributed by atoms with Crippen molar-refractivity contribution in [2.24, 2.45) is 0 Å². The van der Waals surface area contributed by atoms with Crippen molar-refractivity contribution >= 4 is 26.2 Å². The van der Waals surface area contributed by atoms with Crippen LogP contribution in [0.5, 0.6) is 0 Å². The predicted molar refractivity (Wildman–Crippen MR) is 90.3 cm³/mol. The van der Waals surface area contributed by atoms with Crippen molar-refractivity contribution in [1.82, 2.24) is 0 Å². The number of aryl methyl sites for hydroxylation is 1. The molecule has 2 bridgehead atoms. The molecule has 0 radical (unpaired) electrons. The highest BCUT2D eigenvalue weighted by molar-refractivity contribution is 7.87. The molecule has 0 aliphatic carbocycles. The lowest BCUT2D eigenvalue weighted by molar-refractivity contribution is -0.00963. The second kappa shape index (κ2) is 6.24. The summed E-state index contributed by atoms with van der Waals surface area (Å²) >= 11 is 0. The van der Waals surface area contributed by atoms with Crippen molar-refractivity contribution in [2.45, 2.75) is 60.7 Å². The van der Waals surface area contributed by atoms with Gasteiger partial charge >= 0.3 is 5.97 Å². The van der Waals surface area contributed by atoms with Gasteiger partial charge in [-0.3, -0.25) is 8.74 Å². The lowest BCUT2D eigenvalue weighted by atomic mass is 9.94. The maximum absolute atomic E-state index is 12.7. The van der Waals surface area contributed by atoms with E-state index in [1.54, 1.807) is 0 Å². The molecule has 3 saturated heterocycles. The average molecular weight is 418 g/mol. The van der Waals surface area contributed by atoms with Crippen LogP contribution in [-0.4, -0.2) is 57.0 Å². The SMILES string of the molecule is CCCc1ccc(S(=O)(=O)O)cc1C(=O)OC1C2CC3C(O2)C1OS3(=O)=O. The predicted octanol–water partition coefficient (Wildman–Crippen LogP) is 0.680. The van der Waals surface area contributed by atoms with Crippen LogP contribution in [-0.2, 0) is 40.3 Å². The van der Waals surface area contributed by atoms with Gasteiger partial charge in [0.2, 0.25) is 0 Å². The van der Waals surface area contributed by atoms with Crippen LogP contribution in [0.2, 0.25) is 0 Å². The molecule has 3 fully saturated rings. The molecule has 5 atom stereocenters. The first-order chi connectivity index (χ1) is 12.6. The Morgan fingerprint density at radius 3 is 2.74 bits per heavy atom. The molecule has 0 saturated carbocycles. The summed E-state index contributed by atoms with van der Waals surface area (Å²) in [6.07, 6.45) is -1.62. The molecule has 3 aliphatic rings. The number of ether oxygens (including phenoxy) is 2. The Labute approximate surface area is 156 Å². The van der Waals surface area contributed by atoms with Gasteiger partial charge in [-0.1, -0.05) is 19.4 Å². The Hall–Kier alpha value is -1.53. The molecular formula is C16H18O9S2. The van der Waals surface area contributed by atoms with Gasteiger partial charge in [-0.15, -0.1) is 0 Å². The fraction of sp³-hybridized carbons (Fsp3) is 0.562. The summed E-state index contributed by atoms with van der Waals surface area (Å²) in [6, 6.07) is 3.73. The van der Waals surface area contributed by atoms with Crippen molar-refractivity contribution in [1.29, 1.82) is 0 Å². The quantitative estimate of drug-likeness (QED) is 0.416. The summed E-state index contributed by atoms with van der Waals surface area (Å²) < 4.78 is 72.0. The minimum atomic E-state index is -4.49. The zero-order valence-electron chi connectivity index (χ0n) is 14.3. The first-order valence-corrected chi connectivity index (χ1v) is 11.4.